The fourth-order valence-corrected chi connectivity index (χ4v) is 6.19. The van der Waals surface area contributed by atoms with Crippen LogP contribution in [0.2, 0.25) is 0 Å². The van der Waals surface area contributed by atoms with Gasteiger partial charge in [0.2, 0.25) is 0 Å². The summed E-state index contributed by atoms with van der Waals surface area (Å²) in [4.78, 5) is 5.37. The maximum atomic E-state index is 2.69. The summed E-state index contributed by atoms with van der Waals surface area (Å²) in [6.07, 6.45) is 45.5. The Morgan fingerprint density at radius 1 is 0.342 bits per heavy atom. The highest BCUT2D eigenvalue weighted by Gasteiger charge is 2.24. The Morgan fingerprint density at radius 2 is 0.605 bits per heavy atom. The van der Waals surface area contributed by atoms with Gasteiger partial charge in [0.25, 0.3) is 0 Å². The fourth-order valence-electron chi connectivity index (χ4n) is 6.19. The summed E-state index contributed by atoms with van der Waals surface area (Å²) in [5.41, 5.74) is 0. The molecule has 0 N–H and O–H groups in total. The van der Waals surface area contributed by atoms with Crippen LogP contribution in [0.25, 0.3) is 0 Å². The van der Waals surface area contributed by atoms with Crippen molar-refractivity contribution in [1.29, 1.82) is 0 Å². The first-order valence-corrected chi connectivity index (χ1v) is 18.0. The molecule has 0 fully saturated rings. The van der Waals surface area contributed by atoms with E-state index in [2.05, 4.69) is 43.0 Å². The summed E-state index contributed by atoms with van der Waals surface area (Å²) in [5.74, 6) is 0. The average molecular weight is 533 g/mol. The lowest BCUT2D eigenvalue weighted by atomic mass is 10.0. The normalized spacial score (nSPS) is 15.3. The summed E-state index contributed by atoms with van der Waals surface area (Å²) in [6.45, 7) is 9.48. The van der Waals surface area contributed by atoms with E-state index in [4.69, 9.17) is 0 Å². The van der Waals surface area contributed by atoms with Crippen LogP contribution in [0.15, 0.2) is 12.4 Å². The molecule has 0 aromatic rings. The van der Waals surface area contributed by atoms with Gasteiger partial charge < -0.3 is 9.80 Å². The minimum absolute atomic E-state index is 0.641. The number of hydrogen-bond donors (Lipinski definition) is 0. The topological polar surface area (TPSA) is 6.48 Å². The van der Waals surface area contributed by atoms with Crippen LogP contribution in [-0.4, -0.2) is 29.1 Å². The second kappa shape index (κ2) is 27.9. The quantitative estimate of drug-likeness (QED) is 0.0848. The van der Waals surface area contributed by atoms with E-state index in [0.717, 1.165) is 0 Å². The molecule has 0 aromatic heterocycles. The van der Waals surface area contributed by atoms with E-state index >= 15 is 0 Å². The standard InChI is InChI=1S/C36H72N2/c1-4-7-10-12-14-16-18-19-20-21-23-25-27-30-33-38-35-34-37(36(38)31-28-9-6-3)32-29-26-24-22-17-15-13-11-8-5-2/h34-36H,4-33H2,1-3H3. The molecule has 0 aliphatic carbocycles. The smallest absolute Gasteiger partial charge is 0.101 e. The van der Waals surface area contributed by atoms with Crippen molar-refractivity contribution in [2.75, 3.05) is 13.1 Å². The summed E-state index contributed by atoms with van der Waals surface area (Å²) in [7, 11) is 0. The zero-order chi connectivity index (χ0) is 27.4. The fraction of sp³-hybridized carbons (Fsp3) is 0.944. The maximum absolute atomic E-state index is 2.69. The van der Waals surface area contributed by atoms with E-state index < -0.39 is 0 Å². The second-order valence-corrected chi connectivity index (χ2v) is 12.5. The Balaban J connectivity index is 2.07. The molecule has 0 bridgehead atoms. The SMILES string of the molecule is CCCCCCCCCCCCCCCCN1C=CN(CCCCCCCCCCCC)C1CCCCC. The second-order valence-electron chi connectivity index (χ2n) is 12.5. The van der Waals surface area contributed by atoms with Crippen LogP contribution in [-0.2, 0) is 0 Å². The monoisotopic (exact) mass is 533 g/mol. The third kappa shape index (κ3) is 20.3. The average Bonchev–Trinajstić information content (AvgIpc) is 3.31. The minimum atomic E-state index is 0.641. The molecule has 0 saturated heterocycles. The van der Waals surface area contributed by atoms with Crippen molar-refractivity contribution in [3.8, 4) is 0 Å². The zero-order valence-electron chi connectivity index (χ0n) is 26.8. The van der Waals surface area contributed by atoms with Crippen LogP contribution in [0.1, 0.15) is 201 Å². The Kier molecular flexibility index (Phi) is 26.0. The number of unbranched alkanes of at least 4 members (excludes halogenated alkanes) is 24. The molecule has 226 valence electrons. The van der Waals surface area contributed by atoms with Crippen LogP contribution in [0.3, 0.4) is 0 Å². The van der Waals surface area contributed by atoms with Gasteiger partial charge in [-0.25, -0.2) is 0 Å². The van der Waals surface area contributed by atoms with E-state index in [9.17, 15) is 0 Å². The van der Waals surface area contributed by atoms with E-state index in [1.165, 1.54) is 193 Å². The number of nitrogens with zero attached hydrogens (tertiary/aromatic N) is 2. The molecule has 1 heterocycles. The van der Waals surface area contributed by atoms with Crippen molar-refractivity contribution in [3.05, 3.63) is 12.4 Å². The molecule has 2 nitrogen and oxygen atoms in total. The van der Waals surface area contributed by atoms with Crippen molar-refractivity contribution in [3.63, 3.8) is 0 Å². The van der Waals surface area contributed by atoms with Crippen LogP contribution in [0, 0.1) is 0 Å². The van der Waals surface area contributed by atoms with Gasteiger partial charge in [-0.15, -0.1) is 0 Å². The predicted octanol–water partition coefficient (Wildman–Crippen LogP) is 12.4. The number of hydrogen-bond acceptors (Lipinski definition) is 2. The molecule has 0 aromatic carbocycles. The lowest BCUT2D eigenvalue weighted by Crippen LogP contribution is -2.39. The first kappa shape index (κ1) is 35.4. The minimum Gasteiger partial charge on any atom is -0.356 e. The molecule has 1 aliphatic rings. The Morgan fingerprint density at radius 3 is 0.921 bits per heavy atom. The Bertz CT molecular complexity index is 488. The van der Waals surface area contributed by atoms with Gasteiger partial charge in [-0.3, -0.25) is 0 Å². The van der Waals surface area contributed by atoms with Gasteiger partial charge >= 0.3 is 0 Å². The van der Waals surface area contributed by atoms with E-state index in [1.807, 2.05) is 0 Å². The van der Waals surface area contributed by atoms with E-state index in [1.54, 1.807) is 0 Å². The van der Waals surface area contributed by atoms with Gasteiger partial charge in [-0.2, -0.15) is 0 Å². The first-order valence-electron chi connectivity index (χ1n) is 18.0. The summed E-state index contributed by atoms with van der Waals surface area (Å²) in [6, 6.07) is 0. The number of rotatable bonds is 30. The highest BCUT2D eigenvalue weighted by Crippen LogP contribution is 2.23. The molecule has 0 saturated carbocycles. The molecule has 0 spiro atoms. The third-order valence-corrected chi connectivity index (χ3v) is 8.82. The van der Waals surface area contributed by atoms with Crippen LogP contribution < -0.4 is 0 Å². The van der Waals surface area contributed by atoms with Gasteiger partial charge in [0.1, 0.15) is 6.17 Å². The molecule has 2 heteroatoms. The van der Waals surface area contributed by atoms with Crippen molar-refractivity contribution >= 4 is 0 Å². The summed E-state index contributed by atoms with van der Waals surface area (Å²) < 4.78 is 0. The molecule has 38 heavy (non-hydrogen) atoms. The van der Waals surface area contributed by atoms with Crippen molar-refractivity contribution in [2.45, 2.75) is 207 Å². The van der Waals surface area contributed by atoms with Crippen molar-refractivity contribution < 1.29 is 0 Å². The molecule has 1 unspecified atom stereocenters. The Labute approximate surface area is 241 Å². The lowest BCUT2D eigenvalue weighted by molar-refractivity contribution is 0.135. The molecule has 1 rings (SSSR count). The Hall–Kier alpha value is -0.660. The molecule has 0 amide bonds. The van der Waals surface area contributed by atoms with Gasteiger partial charge in [0.15, 0.2) is 0 Å². The highest BCUT2D eigenvalue weighted by molar-refractivity contribution is 4.97. The lowest BCUT2D eigenvalue weighted by Gasteiger charge is -2.33. The van der Waals surface area contributed by atoms with Crippen LogP contribution >= 0.6 is 0 Å². The molecular formula is C36H72N2. The molecule has 0 radical (unpaired) electrons. The zero-order valence-corrected chi connectivity index (χ0v) is 26.8. The summed E-state index contributed by atoms with van der Waals surface area (Å²) in [5, 5.41) is 0. The van der Waals surface area contributed by atoms with Crippen LogP contribution in [0.5, 0.6) is 0 Å². The third-order valence-electron chi connectivity index (χ3n) is 8.82. The first-order chi connectivity index (χ1) is 18.8. The van der Waals surface area contributed by atoms with Gasteiger partial charge in [-0.05, 0) is 25.7 Å². The van der Waals surface area contributed by atoms with Crippen molar-refractivity contribution in [1.82, 2.24) is 9.80 Å². The van der Waals surface area contributed by atoms with Gasteiger partial charge in [-0.1, -0.05) is 175 Å². The van der Waals surface area contributed by atoms with Crippen LogP contribution in [0.4, 0.5) is 0 Å². The van der Waals surface area contributed by atoms with Gasteiger partial charge in [0, 0.05) is 25.5 Å². The molecular weight excluding hydrogens is 460 g/mol. The highest BCUT2D eigenvalue weighted by atomic mass is 15.4. The van der Waals surface area contributed by atoms with E-state index in [-0.39, 0.29) is 0 Å². The molecule has 1 atom stereocenters. The summed E-state index contributed by atoms with van der Waals surface area (Å²) >= 11 is 0. The van der Waals surface area contributed by atoms with Gasteiger partial charge in [0.05, 0.1) is 0 Å². The molecule has 1 aliphatic heterocycles. The maximum Gasteiger partial charge on any atom is 0.101 e. The predicted molar refractivity (Wildman–Crippen MR) is 173 cm³/mol. The largest absolute Gasteiger partial charge is 0.356 e. The van der Waals surface area contributed by atoms with Crippen molar-refractivity contribution in [2.24, 2.45) is 0 Å². The van der Waals surface area contributed by atoms with E-state index in [0.29, 0.717) is 6.17 Å².